The smallest absolute Gasteiger partial charge is 0.338 e. The van der Waals surface area contributed by atoms with Gasteiger partial charge in [-0.05, 0) is 85.6 Å². The fraction of sp³-hybridized carbons (Fsp3) is 0.314. The molecule has 0 saturated carbocycles. The molecule has 1 atom stereocenters. The summed E-state index contributed by atoms with van der Waals surface area (Å²) in [4.78, 5) is 36.9. The van der Waals surface area contributed by atoms with E-state index in [1.54, 1.807) is 48.9 Å². The summed E-state index contributed by atoms with van der Waals surface area (Å²) in [6, 6.07) is 14.9. The molecule has 0 radical (unpaired) electrons. The van der Waals surface area contributed by atoms with Gasteiger partial charge < -0.3 is 24.4 Å². The van der Waals surface area contributed by atoms with Gasteiger partial charge in [-0.25, -0.2) is 25.2 Å². The van der Waals surface area contributed by atoms with Crippen molar-refractivity contribution < 1.29 is 23.8 Å². The van der Waals surface area contributed by atoms with E-state index < -0.39 is 11.4 Å². The highest BCUT2D eigenvalue weighted by atomic mass is 35.5. The summed E-state index contributed by atoms with van der Waals surface area (Å²) in [7, 11) is 1.58. The zero-order valence-electron chi connectivity index (χ0n) is 27.0. The van der Waals surface area contributed by atoms with E-state index in [4.69, 9.17) is 37.4 Å². The highest BCUT2D eigenvalue weighted by molar-refractivity contribution is 8.02. The first-order chi connectivity index (χ1) is 23.8. The van der Waals surface area contributed by atoms with Crippen LogP contribution in [0.4, 0.5) is 10.5 Å². The van der Waals surface area contributed by atoms with Gasteiger partial charge in [0.2, 0.25) is 5.88 Å². The van der Waals surface area contributed by atoms with Crippen LogP contribution in [0.5, 0.6) is 23.1 Å². The van der Waals surface area contributed by atoms with E-state index in [-0.39, 0.29) is 16.8 Å². The number of hydrogen-bond acceptors (Lipinski definition) is 9. The van der Waals surface area contributed by atoms with Crippen molar-refractivity contribution in [1.82, 2.24) is 25.3 Å². The molecule has 0 aliphatic carbocycles. The van der Waals surface area contributed by atoms with E-state index in [1.165, 1.54) is 48.1 Å². The number of anilines is 1. The summed E-state index contributed by atoms with van der Waals surface area (Å²) >= 11 is 14.1. The van der Waals surface area contributed by atoms with E-state index in [9.17, 15) is 9.59 Å². The van der Waals surface area contributed by atoms with Crippen molar-refractivity contribution in [3.05, 3.63) is 88.0 Å². The van der Waals surface area contributed by atoms with Crippen LogP contribution in [0.1, 0.15) is 37.1 Å². The molecule has 1 saturated heterocycles. The number of nitrogens with zero attached hydrogens (tertiary/aromatic N) is 4. The molecule has 0 bridgehead atoms. The summed E-state index contributed by atoms with van der Waals surface area (Å²) in [5.74, 6) is 2.15. The van der Waals surface area contributed by atoms with Crippen molar-refractivity contribution in [2.24, 2.45) is 5.92 Å². The molecular weight excluding hydrogens is 687 g/mol. The maximum absolute atomic E-state index is 13.0. The largest absolute Gasteiger partial charge is 0.493 e. The van der Waals surface area contributed by atoms with Gasteiger partial charge in [-0.2, -0.15) is 0 Å². The summed E-state index contributed by atoms with van der Waals surface area (Å²) in [5, 5.41) is 6.50. The van der Waals surface area contributed by atoms with E-state index in [2.05, 4.69) is 32.5 Å². The maximum atomic E-state index is 13.0. The van der Waals surface area contributed by atoms with Gasteiger partial charge in [0.15, 0.2) is 11.5 Å². The van der Waals surface area contributed by atoms with E-state index in [0.29, 0.717) is 45.5 Å². The Bertz CT molecular complexity index is 1860. The van der Waals surface area contributed by atoms with Gasteiger partial charge >= 0.3 is 6.03 Å². The Morgan fingerprint density at radius 3 is 2.65 bits per heavy atom. The molecule has 1 aromatic heterocycles. The van der Waals surface area contributed by atoms with Gasteiger partial charge in [0.25, 0.3) is 5.91 Å². The Hall–Kier alpha value is -4.23. The van der Waals surface area contributed by atoms with E-state index in [1.807, 2.05) is 12.1 Å². The summed E-state index contributed by atoms with van der Waals surface area (Å²) < 4.78 is 17.9. The second kappa shape index (κ2) is 16.0. The number of benzene rings is 3. The predicted molar refractivity (Wildman–Crippen MR) is 192 cm³/mol. The number of hydrazine groups is 1. The third-order valence-electron chi connectivity index (χ3n) is 8.28. The van der Waals surface area contributed by atoms with Crippen molar-refractivity contribution in [2.45, 2.75) is 31.6 Å². The summed E-state index contributed by atoms with van der Waals surface area (Å²) in [6.45, 7) is 6.16. The minimum absolute atomic E-state index is 0.226. The molecule has 256 valence electrons. The molecule has 0 spiro atoms. The van der Waals surface area contributed by atoms with Crippen LogP contribution in [0, 0.1) is 5.92 Å². The van der Waals surface area contributed by atoms with Crippen LogP contribution in [0.2, 0.25) is 10.0 Å². The molecule has 2 aliphatic rings. The number of halogens is 2. The lowest BCUT2D eigenvalue weighted by Gasteiger charge is -2.32. The highest BCUT2D eigenvalue weighted by Gasteiger charge is 2.29. The minimum atomic E-state index is -0.631. The number of carbonyl (C=O) groups excluding carboxylic acids is 2. The van der Waals surface area contributed by atoms with Crippen LogP contribution in [0.3, 0.4) is 0 Å². The molecule has 4 aromatic rings. The zero-order chi connectivity index (χ0) is 34.3. The van der Waals surface area contributed by atoms with Crippen LogP contribution in [-0.2, 0) is 4.79 Å². The number of nitrogens with one attached hydrogen (secondary N) is 2. The van der Waals surface area contributed by atoms with Gasteiger partial charge in [0.1, 0.15) is 17.5 Å². The number of aromatic nitrogens is 2. The predicted octanol–water partition coefficient (Wildman–Crippen LogP) is 8.06. The molecule has 3 amide bonds. The number of rotatable bonds is 11. The molecule has 6 rings (SSSR count). The average molecular weight is 724 g/mol. The molecule has 49 heavy (non-hydrogen) atoms. The first kappa shape index (κ1) is 34.6. The number of methoxy groups -OCH3 is 1. The fourth-order valence-electron chi connectivity index (χ4n) is 5.61. The number of fused-ring (bicyclic) bond motifs is 1. The van der Waals surface area contributed by atoms with E-state index in [0.717, 1.165) is 37.5 Å². The first-order valence-electron chi connectivity index (χ1n) is 15.9. The Morgan fingerprint density at radius 2 is 1.88 bits per heavy atom. The fourth-order valence-corrected chi connectivity index (χ4v) is 6.96. The molecular formula is C35H36Cl2N6O5S. The van der Waals surface area contributed by atoms with Crippen molar-refractivity contribution in [2.75, 3.05) is 38.7 Å². The Labute approximate surface area is 298 Å². The lowest BCUT2D eigenvalue weighted by atomic mass is 9.99. The van der Waals surface area contributed by atoms with Crippen LogP contribution in [-0.4, -0.2) is 65.2 Å². The molecule has 1 fully saturated rings. The van der Waals surface area contributed by atoms with Gasteiger partial charge in [-0.15, -0.1) is 11.8 Å². The van der Waals surface area contributed by atoms with E-state index >= 15 is 0 Å². The standard InChI is InChI=1S/C35H36Cl2N6O5S/c1-22-9-13-42(14-10-22)12-4-15-47-31-20-28-26(19-30(31)46-2)33(39-21-38-28)48-29-8-7-25(18-27(29)37)40-35(45)41-43-32(44)11-16-49-34(43)23-5-3-6-24(36)17-23/h3,5-8,11,16-22,34H,4,9-10,12-15H2,1-2H3,(H2,40,41,45). The Balaban J connectivity index is 1.09. The normalized spacial score (nSPS) is 16.9. The third-order valence-corrected chi connectivity index (χ3v) is 9.84. The second-order valence-electron chi connectivity index (χ2n) is 11.8. The van der Waals surface area contributed by atoms with Crippen molar-refractivity contribution in [1.29, 1.82) is 0 Å². The minimum Gasteiger partial charge on any atom is -0.493 e. The first-order valence-corrected chi connectivity index (χ1v) is 17.6. The van der Waals surface area contributed by atoms with Crippen LogP contribution in [0.25, 0.3) is 10.9 Å². The molecule has 3 aromatic carbocycles. The zero-order valence-corrected chi connectivity index (χ0v) is 29.4. The Morgan fingerprint density at radius 1 is 1.04 bits per heavy atom. The second-order valence-corrected chi connectivity index (χ2v) is 13.6. The molecule has 11 nitrogen and oxygen atoms in total. The Kier molecular flexibility index (Phi) is 11.3. The monoisotopic (exact) mass is 722 g/mol. The number of hydrogen-bond donors (Lipinski definition) is 2. The molecule has 2 aliphatic heterocycles. The number of ether oxygens (including phenoxy) is 3. The number of piperidine rings is 1. The molecule has 3 heterocycles. The maximum Gasteiger partial charge on any atom is 0.338 e. The average Bonchev–Trinajstić information content (AvgIpc) is 3.09. The molecule has 2 N–H and O–H groups in total. The van der Waals surface area contributed by atoms with Gasteiger partial charge in [0, 0.05) is 29.4 Å². The number of urea groups is 1. The van der Waals surface area contributed by atoms with Crippen LogP contribution >= 0.6 is 35.0 Å². The lowest BCUT2D eigenvalue weighted by Crippen LogP contribution is -2.49. The topological polar surface area (TPSA) is 118 Å². The summed E-state index contributed by atoms with van der Waals surface area (Å²) in [5.41, 5.74) is 4.39. The molecule has 14 heteroatoms. The van der Waals surface area contributed by atoms with Gasteiger partial charge in [-0.3, -0.25) is 4.79 Å². The lowest BCUT2D eigenvalue weighted by molar-refractivity contribution is -0.129. The van der Waals surface area contributed by atoms with Crippen molar-refractivity contribution >= 4 is 63.5 Å². The number of amides is 3. The highest BCUT2D eigenvalue weighted by Crippen LogP contribution is 2.39. The summed E-state index contributed by atoms with van der Waals surface area (Å²) in [6.07, 6.45) is 6.20. The van der Waals surface area contributed by atoms with Crippen molar-refractivity contribution in [3.63, 3.8) is 0 Å². The van der Waals surface area contributed by atoms with Crippen molar-refractivity contribution in [3.8, 4) is 23.1 Å². The SMILES string of the molecule is COc1cc2c(Oc3ccc(NC(=O)NN4C(=O)C=CSC4c4cccc(Cl)c4)cc3Cl)ncnc2cc1OCCCN1CCC(C)CC1. The number of thioether (sulfide) groups is 1. The number of carbonyl (C=O) groups is 2. The quantitative estimate of drug-likeness (QED) is 0.148. The molecule has 1 unspecified atom stereocenters. The van der Waals surface area contributed by atoms with Gasteiger partial charge in [0.05, 0.1) is 29.6 Å². The van der Waals surface area contributed by atoms with Gasteiger partial charge in [-0.1, -0.05) is 42.3 Å². The third kappa shape index (κ3) is 8.69. The number of likely N-dealkylation sites (tertiary alicyclic amines) is 1. The van der Waals surface area contributed by atoms with Crippen LogP contribution < -0.4 is 25.0 Å². The van der Waals surface area contributed by atoms with Crippen LogP contribution in [0.15, 0.2) is 72.4 Å².